The molecule has 2 rings (SSSR count). The van der Waals surface area contributed by atoms with Gasteiger partial charge >= 0.3 is 0 Å². The number of hydrogen-bond donors (Lipinski definition) is 0. The van der Waals surface area contributed by atoms with Crippen LogP contribution in [-0.2, 0) is 9.59 Å². The van der Waals surface area contributed by atoms with Crippen LogP contribution in [0.4, 0.5) is 11.4 Å². The molecule has 2 amide bonds. The fraction of sp³-hybridized carbons (Fsp3) is 0.467. The van der Waals surface area contributed by atoms with Crippen molar-refractivity contribution in [2.24, 2.45) is 0 Å². The van der Waals surface area contributed by atoms with E-state index >= 15 is 0 Å². The number of amides is 2. The summed E-state index contributed by atoms with van der Waals surface area (Å²) in [6, 6.07) is 7.62. The lowest BCUT2D eigenvalue weighted by atomic mass is 10.1. The smallest absolute Gasteiger partial charge is 0.227 e. The predicted octanol–water partition coefficient (Wildman–Crippen LogP) is 2.57. The molecule has 19 heavy (non-hydrogen) atoms. The average molecular weight is 260 g/mol. The third-order valence-electron chi connectivity index (χ3n) is 3.42. The molecule has 0 aliphatic carbocycles. The van der Waals surface area contributed by atoms with Gasteiger partial charge in [0.1, 0.15) is 0 Å². The summed E-state index contributed by atoms with van der Waals surface area (Å²) in [4.78, 5) is 27.6. The normalized spacial score (nSPS) is 18.2. The van der Waals surface area contributed by atoms with E-state index in [2.05, 4.69) is 0 Å². The number of fused-ring (bicyclic) bond motifs is 1. The minimum Gasteiger partial charge on any atom is -0.308 e. The van der Waals surface area contributed by atoms with Gasteiger partial charge in [0.05, 0.1) is 17.4 Å². The van der Waals surface area contributed by atoms with E-state index in [4.69, 9.17) is 0 Å². The molecule has 4 nitrogen and oxygen atoms in total. The van der Waals surface area contributed by atoms with Crippen LogP contribution in [0.25, 0.3) is 0 Å². The van der Waals surface area contributed by atoms with Crippen LogP contribution in [0.5, 0.6) is 0 Å². The second-order valence-corrected chi connectivity index (χ2v) is 4.98. The minimum atomic E-state index is 0.00760. The molecule has 0 saturated carbocycles. The molecule has 1 aromatic rings. The molecule has 4 heteroatoms. The van der Waals surface area contributed by atoms with Gasteiger partial charge in [0.25, 0.3) is 0 Å². The van der Waals surface area contributed by atoms with E-state index in [-0.39, 0.29) is 17.9 Å². The van der Waals surface area contributed by atoms with Gasteiger partial charge in [-0.05, 0) is 25.5 Å². The van der Waals surface area contributed by atoms with Crippen molar-refractivity contribution in [2.45, 2.75) is 39.7 Å². The molecule has 1 aliphatic rings. The van der Waals surface area contributed by atoms with Crippen LogP contribution >= 0.6 is 0 Å². The third kappa shape index (κ3) is 2.48. The van der Waals surface area contributed by atoms with Gasteiger partial charge < -0.3 is 9.80 Å². The number of para-hydroxylation sites is 2. The molecular formula is C15H20N2O2. The highest BCUT2D eigenvalue weighted by atomic mass is 16.2. The van der Waals surface area contributed by atoms with E-state index in [0.29, 0.717) is 13.0 Å². The lowest BCUT2D eigenvalue weighted by Gasteiger charge is -2.40. The van der Waals surface area contributed by atoms with Gasteiger partial charge in [0, 0.05) is 19.9 Å². The van der Waals surface area contributed by atoms with Crippen molar-refractivity contribution in [3.05, 3.63) is 24.3 Å². The Morgan fingerprint density at radius 3 is 2.47 bits per heavy atom. The molecule has 0 bridgehead atoms. The Kier molecular flexibility index (Phi) is 3.88. The molecule has 0 N–H and O–H groups in total. The van der Waals surface area contributed by atoms with E-state index in [1.807, 2.05) is 43.0 Å². The van der Waals surface area contributed by atoms with Crippen molar-refractivity contribution in [3.63, 3.8) is 0 Å². The zero-order chi connectivity index (χ0) is 14.0. The first-order chi connectivity index (χ1) is 9.06. The Bertz CT molecular complexity index is 499. The van der Waals surface area contributed by atoms with Crippen LogP contribution in [-0.4, -0.2) is 24.4 Å². The van der Waals surface area contributed by atoms with Crippen molar-refractivity contribution < 1.29 is 9.59 Å². The van der Waals surface area contributed by atoms with Crippen LogP contribution in [0.3, 0.4) is 0 Å². The molecule has 0 spiro atoms. The lowest BCUT2D eigenvalue weighted by molar-refractivity contribution is -0.120. The standard InChI is InChI=1S/C15H20N2O2/c1-4-7-15(19)16-10-11(2)17(12(3)18)14-9-6-5-8-13(14)16/h5-6,8-9,11H,4,7,10H2,1-3H3. The van der Waals surface area contributed by atoms with Crippen molar-refractivity contribution in [2.75, 3.05) is 16.3 Å². The summed E-state index contributed by atoms with van der Waals surface area (Å²) in [6.45, 7) is 6.11. The number of carbonyl (C=O) groups excluding carboxylic acids is 2. The van der Waals surface area contributed by atoms with Gasteiger partial charge in [-0.3, -0.25) is 9.59 Å². The van der Waals surface area contributed by atoms with E-state index in [1.165, 1.54) is 0 Å². The third-order valence-corrected chi connectivity index (χ3v) is 3.42. The summed E-state index contributed by atoms with van der Waals surface area (Å²) in [6.07, 6.45) is 1.38. The molecule has 0 radical (unpaired) electrons. The molecule has 1 aromatic carbocycles. The van der Waals surface area contributed by atoms with Gasteiger partial charge in [0.2, 0.25) is 11.8 Å². The number of rotatable bonds is 2. The average Bonchev–Trinajstić information content (AvgIpc) is 2.37. The summed E-state index contributed by atoms with van der Waals surface area (Å²) in [5.41, 5.74) is 1.67. The van der Waals surface area contributed by atoms with Crippen molar-refractivity contribution in [1.82, 2.24) is 0 Å². The van der Waals surface area contributed by atoms with Crippen molar-refractivity contribution >= 4 is 23.2 Å². The van der Waals surface area contributed by atoms with Crippen LogP contribution in [0.15, 0.2) is 24.3 Å². The van der Waals surface area contributed by atoms with Gasteiger partial charge in [-0.1, -0.05) is 19.1 Å². The highest BCUT2D eigenvalue weighted by Gasteiger charge is 2.32. The van der Waals surface area contributed by atoms with E-state index in [0.717, 1.165) is 17.8 Å². The second kappa shape index (κ2) is 5.43. The highest BCUT2D eigenvalue weighted by molar-refractivity contribution is 6.03. The SMILES string of the molecule is CCCC(=O)N1CC(C)N(C(C)=O)c2ccccc21. The Balaban J connectivity index is 2.44. The van der Waals surface area contributed by atoms with Crippen molar-refractivity contribution in [3.8, 4) is 0 Å². The quantitative estimate of drug-likeness (QED) is 0.820. The molecule has 1 unspecified atom stereocenters. The highest BCUT2D eigenvalue weighted by Crippen LogP contribution is 2.35. The maximum absolute atomic E-state index is 12.2. The van der Waals surface area contributed by atoms with Crippen LogP contribution in [0, 0.1) is 0 Å². The van der Waals surface area contributed by atoms with Crippen LogP contribution in [0.1, 0.15) is 33.6 Å². The second-order valence-electron chi connectivity index (χ2n) is 4.98. The number of benzene rings is 1. The monoisotopic (exact) mass is 260 g/mol. The first kappa shape index (κ1) is 13.6. The molecule has 0 aromatic heterocycles. The Hall–Kier alpha value is -1.84. The zero-order valence-electron chi connectivity index (χ0n) is 11.7. The fourth-order valence-electron chi connectivity index (χ4n) is 2.64. The summed E-state index contributed by atoms with van der Waals surface area (Å²) in [5, 5.41) is 0. The summed E-state index contributed by atoms with van der Waals surface area (Å²) in [5.74, 6) is 0.146. The Labute approximate surface area is 114 Å². The van der Waals surface area contributed by atoms with E-state index in [9.17, 15) is 9.59 Å². The molecule has 0 fully saturated rings. The minimum absolute atomic E-state index is 0.00760. The first-order valence-electron chi connectivity index (χ1n) is 6.75. The number of hydrogen-bond acceptors (Lipinski definition) is 2. The maximum atomic E-state index is 12.2. The van der Waals surface area contributed by atoms with E-state index in [1.54, 1.807) is 11.8 Å². The van der Waals surface area contributed by atoms with Gasteiger partial charge in [-0.25, -0.2) is 0 Å². The molecule has 1 heterocycles. The molecule has 1 atom stereocenters. The van der Waals surface area contributed by atoms with Gasteiger partial charge in [-0.15, -0.1) is 0 Å². The van der Waals surface area contributed by atoms with E-state index < -0.39 is 0 Å². The van der Waals surface area contributed by atoms with Crippen molar-refractivity contribution in [1.29, 1.82) is 0 Å². The Morgan fingerprint density at radius 1 is 1.26 bits per heavy atom. The summed E-state index contributed by atoms with van der Waals surface area (Å²) >= 11 is 0. The summed E-state index contributed by atoms with van der Waals surface area (Å²) in [7, 11) is 0. The van der Waals surface area contributed by atoms with Crippen LogP contribution < -0.4 is 9.80 Å². The van der Waals surface area contributed by atoms with Crippen LogP contribution in [0.2, 0.25) is 0 Å². The topological polar surface area (TPSA) is 40.6 Å². The maximum Gasteiger partial charge on any atom is 0.227 e. The summed E-state index contributed by atoms with van der Waals surface area (Å²) < 4.78 is 0. The number of nitrogens with zero attached hydrogens (tertiary/aromatic N) is 2. The molecule has 102 valence electrons. The first-order valence-corrected chi connectivity index (χ1v) is 6.75. The predicted molar refractivity (Wildman–Crippen MR) is 76.3 cm³/mol. The fourth-order valence-corrected chi connectivity index (χ4v) is 2.64. The van der Waals surface area contributed by atoms with Gasteiger partial charge in [0.15, 0.2) is 0 Å². The molecule has 1 aliphatic heterocycles. The number of anilines is 2. The number of carbonyl (C=O) groups is 2. The molecular weight excluding hydrogens is 240 g/mol. The molecule has 0 saturated heterocycles. The van der Waals surface area contributed by atoms with Gasteiger partial charge in [-0.2, -0.15) is 0 Å². The zero-order valence-corrected chi connectivity index (χ0v) is 11.7. The lowest BCUT2D eigenvalue weighted by Crippen LogP contribution is -2.51. The largest absolute Gasteiger partial charge is 0.308 e. The Morgan fingerprint density at radius 2 is 1.89 bits per heavy atom.